The molecule has 0 amide bonds. The van der Waals surface area contributed by atoms with E-state index >= 15 is 0 Å². The molecule has 0 bridgehead atoms. The van der Waals surface area contributed by atoms with Gasteiger partial charge in [-0.2, -0.15) is 0 Å². The van der Waals surface area contributed by atoms with Crippen molar-refractivity contribution in [2.45, 2.75) is 37.6 Å². The molecule has 0 spiro atoms. The molecule has 30 heavy (non-hydrogen) atoms. The fourth-order valence-corrected chi connectivity index (χ4v) is 4.98. The number of nitrogens with one attached hydrogen (secondary N) is 1. The minimum atomic E-state index is 0.554. The van der Waals surface area contributed by atoms with E-state index in [2.05, 4.69) is 40.4 Å². The Morgan fingerprint density at radius 2 is 1.83 bits per heavy atom. The molecular weight excluding hydrogens is 376 g/mol. The molecule has 6 nitrogen and oxygen atoms in total. The number of benzene rings is 1. The Hall–Kier alpha value is -2.05. The van der Waals surface area contributed by atoms with Crippen LogP contribution in [0.25, 0.3) is 10.9 Å². The third kappa shape index (κ3) is 3.95. The molecule has 1 aromatic carbocycles. The lowest BCUT2D eigenvalue weighted by molar-refractivity contribution is 0.0546. The summed E-state index contributed by atoms with van der Waals surface area (Å²) < 4.78 is 12.0. The molecule has 2 aromatic rings. The number of likely N-dealkylation sites (tertiary alicyclic amines) is 2. The Labute approximate surface area is 179 Å². The predicted molar refractivity (Wildman–Crippen MR) is 121 cm³/mol. The second-order valence-corrected chi connectivity index (χ2v) is 9.31. The molecule has 0 atom stereocenters. The average Bonchev–Trinajstić information content (AvgIpc) is 3.56. The summed E-state index contributed by atoms with van der Waals surface area (Å²) in [6.45, 7) is 5.37. The summed E-state index contributed by atoms with van der Waals surface area (Å²) in [5, 5.41) is 4.44. The van der Waals surface area contributed by atoms with Crippen LogP contribution < -0.4 is 14.8 Å². The quantitative estimate of drug-likeness (QED) is 0.753. The van der Waals surface area contributed by atoms with Crippen molar-refractivity contribution < 1.29 is 9.47 Å². The molecular formula is C24H34N4O2. The van der Waals surface area contributed by atoms with E-state index in [0.717, 1.165) is 48.6 Å². The lowest BCUT2D eigenvalue weighted by atomic mass is 9.87. The van der Waals surface area contributed by atoms with Gasteiger partial charge in [-0.05, 0) is 69.4 Å². The van der Waals surface area contributed by atoms with Gasteiger partial charge in [-0.15, -0.1) is 0 Å². The van der Waals surface area contributed by atoms with Gasteiger partial charge in [0.05, 0.1) is 19.2 Å². The summed E-state index contributed by atoms with van der Waals surface area (Å²) in [7, 11) is 5.88. The number of nitrogens with zero attached hydrogens (tertiary/aromatic N) is 3. The maximum absolute atomic E-state index is 6.24. The second-order valence-electron chi connectivity index (χ2n) is 9.31. The van der Waals surface area contributed by atoms with E-state index in [0.29, 0.717) is 11.8 Å². The van der Waals surface area contributed by atoms with Gasteiger partial charge in [-0.1, -0.05) is 0 Å². The second kappa shape index (κ2) is 8.23. The van der Waals surface area contributed by atoms with E-state index in [9.17, 15) is 0 Å². The van der Waals surface area contributed by atoms with Crippen molar-refractivity contribution in [1.82, 2.24) is 14.8 Å². The van der Waals surface area contributed by atoms with Crippen LogP contribution in [0.1, 0.15) is 37.2 Å². The standard InChI is InChI=1S/C24H34N4O2/c1-25-24-11-19(17-6-8-27(2)9-7-17)20-10-22(29-3)23(12-21(20)26-24)30-15-16-13-28(14-16)18-4-5-18/h10-12,16-18H,4-9,13-15H2,1-3H3,(H,25,26). The number of piperidine rings is 1. The molecule has 5 rings (SSSR count). The molecule has 1 N–H and O–H groups in total. The molecule has 0 unspecified atom stereocenters. The topological polar surface area (TPSA) is 49.9 Å². The fourth-order valence-electron chi connectivity index (χ4n) is 4.98. The highest BCUT2D eigenvalue weighted by atomic mass is 16.5. The van der Waals surface area contributed by atoms with Crippen LogP contribution in [-0.4, -0.2) is 74.8 Å². The first-order chi connectivity index (χ1) is 14.6. The van der Waals surface area contributed by atoms with Gasteiger partial charge in [-0.3, -0.25) is 4.90 Å². The first kappa shape index (κ1) is 19.9. The largest absolute Gasteiger partial charge is 0.493 e. The molecule has 0 radical (unpaired) electrons. The zero-order valence-corrected chi connectivity index (χ0v) is 18.5. The van der Waals surface area contributed by atoms with Crippen LogP contribution >= 0.6 is 0 Å². The average molecular weight is 411 g/mol. The van der Waals surface area contributed by atoms with Crippen molar-refractivity contribution in [3.8, 4) is 11.5 Å². The van der Waals surface area contributed by atoms with Crippen molar-refractivity contribution in [2.75, 3.05) is 59.3 Å². The van der Waals surface area contributed by atoms with E-state index in [4.69, 9.17) is 14.5 Å². The lowest BCUT2D eigenvalue weighted by Gasteiger charge is -2.39. The number of anilines is 1. The van der Waals surface area contributed by atoms with Gasteiger partial charge in [0.2, 0.25) is 0 Å². The zero-order chi connectivity index (χ0) is 20.7. The Balaban J connectivity index is 1.39. The van der Waals surface area contributed by atoms with Crippen molar-refractivity contribution in [2.24, 2.45) is 5.92 Å². The van der Waals surface area contributed by atoms with Crippen molar-refractivity contribution >= 4 is 16.7 Å². The number of hydrogen-bond acceptors (Lipinski definition) is 6. The van der Waals surface area contributed by atoms with Gasteiger partial charge in [0, 0.05) is 43.5 Å². The van der Waals surface area contributed by atoms with Crippen LogP contribution in [0.5, 0.6) is 11.5 Å². The van der Waals surface area contributed by atoms with E-state index in [-0.39, 0.29) is 0 Å². The minimum absolute atomic E-state index is 0.554. The van der Waals surface area contributed by atoms with Gasteiger partial charge in [0.15, 0.2) is 11.5 Å². The highest BCUT2D eigenvalue weighted by Crippen LogP contribution is 2.39. The molecule has 3 aliphatic rings. The first-order valence-electron chi connectivity index (χ1n) is 11.4. The van der Waals surface area contributed by atoms with Crippen LogP contribution in [-0.2, 0) is 0 Å². The van der Waals surface area contributed by atoms with Crippen LogP contribution in [0, 0.1) is 5.92 Å². The molecule has 1 saturated carbocycles. The molecule has 2 saturated heterocycles. The molecule has 162 valence electrons. The normalized spacial score (nSPS) is 21.6. The SMILES string of the molecule is CNc1cc(C2CCN(C)CC2)c2cc(OC)c(OCC3CN(C4CC4)C3)cc2n1. The molecule has 2 aliphatic heterocycles. The Morgan fingerprint density at radius 1 is 1.07 bits per heavy atom. The first-order valence-corrected chi connectivity index (χ1v) is 11.4. The Kier molecular flexibility index (Phi) is 5.46. The Morgan fingerprint density at radius 3 is 2.50 bits per heavy atom. The number of fused-ring (bicyclic) bond motifs is 1. The molecule has 3 heterocycles. The van der Waals surface area contributed by atoms with Crippen molar-refractivity contribution in [3.05, 3.63) is 23.8 Å². The van der Waals surface area contributed by atoms with Crippen molar-refractivity contribution in [3.63, 3.8) is 0 Å². The van der Waals surface area contributed by atoms with Gasteiger partial charge >= 0.3 is 0 Å². The molecule has 1 aliphatic carbocycles. The molecule has 3 fully saturated rings. The number of aromatic nitrogens is 1. The van der Waals surface area contributed by atoms with Gasteiger partial charge in [0.25, 0.3) is 0 Å². The third-order valence-electron chi connectivity index (χ3n) is 7.06. The maximum Gasteiger partial charge on any atom is 0.163 e. The van der Waals surface area contributed by atoms with Gasteiger partial charge < -0.3 is 19.7 Å². The van der Waals surface area contributed by atoms with Crippen molar-refractivity contribution in [1.29, 1.82) is 0 Å². The lowest BCUT2D eigenvalue weighted by Crippen LogP contribution is -2.50. The highest BCUT2D eigenvalue weighted by molar-refractivity contribution is 5.88. The summed E-state index contributed by atoms with van der Waals surface area (Å²) >= 11 is 0. The van der Waals surface area contributed by atoms with E-state index in [1.807, 2.05) is 7.05 Å². The summed E-state index contributed by atoms with van der Waals surface area (Å²) in [6.07, 6.45) is 5.12. The van der Waals surface area contributed by atoms with E-state index < -0.39 is 0 Å². The summed E-state index contributed by atoms with van der Waals surface area (Å²) in [6, 6.07) is 7.30. The van der Waals surface area contributed by atoms with E-state index in [1.165, 1.54) is 49.7 Å². The van der Waals surface area contributed by atoms with Crippen LogP contribution in [0.2, 0.25) is 0 Å². The number of methoxy groups -OCH3 is 1. The van der Waals surface area contributed by atoms with E-state index in [1.54, 1.807) is 7.11 Å². The molecule has 6 heteroatoms. The van der Waals surface area contributed by atoms with Gasteiger partial charge in [-0.25, -0.2) is 4.98 Å². The minimum Gasteiger partial charge on any atom is -0.493 e. The predicted octanol–water partition coefficient (Wildman–Crippen LogP) is 3.57. The summed E-state index contributed by atoms with van der Waals surface area (Å²) in [5.41, 5.74) is 2.36. The van der Waals surface area contributed by atoms with Crippen LogP contribution in [0.15, 0.2) is 18.2 Å². The number of ether oxygens (including phenoxy) is 2. The molecule has 1 aromatic heterocycles. The third-order valence-corrected chi connectivity index (χ3v) is 7.06. The summed E-state index contributed by atoms with van der Waals surface area (Å²) in [4.78, 5) is 9.84. The Bertz CT molecular complexity index is 900. The summed E-state index contributed by atoms with van der Waals surface area (Å²) in [5.74, 6) is 3.72. The van der Waals surface area contributed by atoms with Gasteiger partial charge in [0.1, 0.15) is 5.82 Å². The fraction of sp³-hybridized carbons (Fsp3) is 0.625. The van der Waals surface area contributed by atoms with Crippen LogP contribution in [0.4, 0.5) is 5.82 Å². The number of rotatable bonds is 7. The number of pyridine rings is 1. The smallest absolute Gasteiger partial charge is 0.163 e. The highest BCUT2D eigenvalue weighted by Gasteiger charge is 2.38. The maximum atomic E-state index is 6.24. The monoisotopic (exact) mass is 410 g/mol. The zero-order valence-electron chi connectivity index (χ0n) is 18.5. The number of hydrogen-bond donors (Lipinski definition) is 1. The van der Waals surface area contributed by atoms with Crippen LogP contribution in [0.3, 0.4) is 0 Å².